The topological polar surface area (TPSA) is 112 Å². The molecule has 0 aliphatic rings. The fraction of sp³-hybridized carbons (Fsp3) is 0.0769. The number of carbonyl (C=O) groups is 2. The highest BCUT2D eigenvalue weighted by Gasteiger charge is 2.28. The predicted octanol–water partition coefficient (Wildman–Crippen LogP) is 4.84. The van der Waals surface area contributed by atoms with Crippen LogP contribution < -0.4 is 15.8 Å². The van der Waals surface area contributed by atoms with Crippen LogP contribution in [0.5, 0.6) is 11.5 Å². The highest BCUT2D eigenvalue weighted by atomic mass is 32.1. The molecule has 0 fully saturated rings. The number of pyridine rings is 1. The number of ether oxygens (including phenoxy) is 1. The Morgan fingerprint density at radius 1 is 1.06 bits per heavy atom. The van der Waals surface area contributed by atoms with Gasteiger partial charge in [-0.15, -0.1) is 11.3 Å². The molecule has 5 aromatic rings. The lowest BCUT2D eigenvalue weighted by Gasteiger charge is -2.15. The second kappa shape index (κ2) is 9.59. The number of anilines is 1. The number of nitrogens with two attached hydrogens (primary N) is 1. The molecule has 2 aromatic carbocycles. The van der Waals surface area contributed by atoms with Gasteiger partial charge in [0, 0.05) is 37.4 Å². The number of aryl methyl sites for hydroxylation is 1. The lowest BCUT2D eigenvalue weighted by atomic mass is 9.97. The van der Waals surface area contributed by atoms with Gasteiger partial charge in [0.15, 0.2) is 11.6 Å². The van der Waals surface area contributed by atoms with Crippen LogP contribution in [0.15, 0.2) is 79.3 Å². The second-order valence-corrected chi connectivity index (χ2v) is 9.03. The van der Waals surface area contributed by atoms with Gasteiger partial charge in [-0.1, -0.05) is 24.3 Å². The molecule has 10 heteroatoms. The van der Waals surface area contributed by atoms with Crippen LogP contribution in [0.25, 0.3) is 20.9 Å². The van der Waals surface area contributed by atoms with E-state index in [0.717, 1.165) is 21.5 Å². The quantitative estimate of drug-likeness (QED) is 0.310. The summed E-state index contributed by atoms with van der Waals surface area (Å²) in [6, 6.07) is 16.1. The molecule has 0 radical (unpaired) electrons. The molecule has 0 bridgehead atoms. The van der Waals surface area contributed by atoms with Crippen molar-refractivity contribution in [1.29, 1.82) is 0 Å². The third kappa shape index (κ3) is 4.53. The summed E-state index contributed by atoms with van der Waals surface area (Å²) in [5.74, 6) is -2.53. The number of nitrogens with one attached hydrogen (secondary N) is 1. The summed E-state index contributed by atoms with van der Waals surface area (Å²) in [7, 11) is 1.90. The van der Waals surface area contributed by atoms with E-state index in [9.17, 15) is 9.59 Å². The molecular weight excluding hydrogens is 481 g/mol. The predicted molar refractivity (Wildman–Crippen MR) is 135 cm³/mol. The number of halogens is 1. The van der Waals surface area contributed by atoms with Crippen LogP contribution >= 0.6 is 11.3 Å². The number of benzene rings is 2. The third-order valence-corrected chi connectivity index (χ3v) is 6.65. The molecule has 36 heavy (non-hydrogen) atoms. The summed E-state index contributed by atoms with van der Waals surface area (Å²) in [4.78, 5) is 34.5. The largest absolute Gasteiger partial charge is 0.453 e. The zero-order valence-electron chi connectivity index (χ0n) is 19.0. The zero-order valence-corrected chi connectivity index (χ0v) is 19.8. The first-order valence-electron chi connectivity index (χ1n) is 10.9. The van der Waals surface area contributed by atoms with Crippen molar-refractivity contribution in [3.8, 4) is 22.2 Å². The van der Waals surface area contributed by atoms with Crippen LogP contribution in [0, 0.1) is 5.82 Å². The van der Waals surface area contributed by atoms with Gasteiger partial charge in [-0.3, -0.25) is 14.6 Å². The maximum absolute atomic E-state index is 15.1. The van der Waals surface area contributed by atoms with Crippen molar-refractivity contribution in [2.24, 2.45) is 12.8 Å². The Bertz CT molecular complexity index is 1580. The summed E-state index contributed by atoms with van der Waals surface area (Å²) in [5, 5.41) is 2.63. The van der Waals surface area contributed by atoms with Gasteiger partial charge in [-0.05, 0) is 35.9 Å². The number of para-hydroxylation sites is 1. The average molecular weight is 502 g/mol. The molecule has 0 saturated carbocycles. The molecule has 8 nitrogen and oxygen atoms in total. The summed E-state index contributed by atoms with van der Waals surface area (Å²) in [6.07, 6.45) is 5.14. The van der Waals surface area contributed by atoms with E-state index in [-0.39, 0.29) is 11.3 Å². The number of rotatable bonds is 7. The standard InChI is InChI=1S/C26H20FN5O3S/c1-32-12-11-30-25(32)21-14-18-23(36-21)20(9-10-29-18)35-19-8-7-15(13-17(19)27)22(24(28)33)26(34)31-16-5-3-2-4-6-16/h2-14,22H,1H3,(H2,28,33)(H,31,34). The number of hydrogen-bond acceptors (Lipinski definition) is 6. The SMILES string of the molecule is Cn1ccnc1-c1cc2nccc(Oc3ccc(C(C(N)=O)C(=O)Nc4ccccc4)cc3F)c2s1. The van der Waals surface area contributed by atoms with E-state index >= 15 is 4.39 Å². The lowest BCUT2D eigenvalue weighted by Crippen LogP contribution is -2.32. The number of amides is 2. The van der Waals surface area contributed by atoms with Crippen molar-refractivity contribution in [3.63, 3.8) is 0 Å². The van der Waals surface area contributed by atoms with Gasteiger partial charge in [0.25, 0.3) is 0 Å². The van der Waals surface area contributed by atoms with Crippen LogP contribution in [0.1, 0.15) is 11.5 Å². The number of nitrogens with zero attached hydrogens (tertiary/aromatic N) is 3. The molecule has 0 aliphatic carbocycles. The lowest BCUT2D eigenvalue weighted by molar-refractivity contribution is -0.127. The van der Waals surface area contributed by atoms with Crippen LogP contribution in [-0.2, 0) is 16.6 Å². The Kier molecular flexibility index (Phi) is 6.17. The summed E-state index contributed by atoms with van der Waals surface area (Å²) in [6.45, 7) is 0. The summed E-state index contributed by atoms with van der Waals surface area (Å²) in [5.41, 5.74) is 6.79. The molecule has 180 valence electrons. The molecule has 3 heterocycles. The number of fused-ring (bicyclic) bond motifs is 1. The van der Waals surface area contributed by atoms with Crippen LogP contribution in [0.4, 0.5) is 10.1 Å². The summed E-state index contributed by atoms with van der Waals surface area (Å²) >= 11 is 1.43. The van der Waals surface area contributed by atoms with Crippen molar-refractivity contribution in [1.82, 2.24) is 14.5 Å². The van der Waals surface area contributed by atoms with Gasteiger partial charge in [0.1, 0.15) is 17.5 Å². The fourth-order valence-corrected chi connectivity index (χ4v) is 4.89. The van der Waals surface area contributed by atoms with E-state index in [0.29, 0.717) is 17.0 Å². The zero-order chi connectivity index (χ0) is 25.2. The molecule has 1 unspecified atom stereocenters. The molecule has 3 N–H and O–H groups in total. The highest BCUT2D eigenvalue weighted by Crippen LogP contribution is 2.39. The van der Waals surface area contributed by atoms with E-state index in [1.807, 2.05) is 23.9 Å². The first-order chi connectivity index (χ1) is 17.4. The highest BCUT2D eigenvalue weighted by molar-refractivity contribution is 7.22. The number of imidazole rings is 1. The first-order valence-corrected chi connectivity index (χ1v) is 11.7. The van der Waals surface area contributed by atoms with Gasteiger partial charge in [-0.25, -0.2) is 9.37 Å². The van der Waals surface area contributed by atoms with Crippen molar-refractivity contribution < 1.29 is 18.7 Å². The number of carbonyl (C=O) groups excluding carboxylic acids is 2. The Hall–Kier alpha value is -4.57. The van der Waals surface area contributed by atoms with Crippen molar-refractivity contribution in [2.75, 3.05) is 5.32 Å². The molecule has 3 aromatic heterocycles. The normalized spacial score (nSPS) is 11.8. The van der Waals surface area contributed by atoms with E-state index in [4.69, 9.17) is 10.5 Å². The van der Waals surface area contributed by atoms with E-state index < -0.39 is 23.5 Å². The summed E-state index contributed by atoms with van der Waals surface area (Å²) < 4.78 is 23.6. The van der Waals surface area contributed by atoms with Crippen LogP contribution in [-0.4, -0.2) is 26.3 Å². The second-order valence-electron chi connectivity index (χ2n) is 7.98. The van der Waals surface area contributed by atoms with E-state index in [2.05, 4.69) is 15.3 Å². The van der Waals surface area contributed by atoms with Gasteiger partial charge >= 0.3 is 0 Å². The molecule has 0 aliphatic heterocycles. The number of primary amides is 1. The molecule has 0 spiro atoms. The van der Waals surface area contributed by atoms with Crippen LogP contribution in [0.2, 0.25) is 0 Å². The Labute approximate surface area is 209 Å². The Balaban J connectivity index is 1.42. The number of hydrogen-bond donors (Lipinski definition) is 2. The maximum Gasteiger partial charge on any atom is 0.241 e. The van der Waals surface area contributed by atoms with Crippen molar-refractivity contribution >= 4 is 39.1 Å². The molecular formula is C26H20FN5O3S. The maximum atomic E-state index is 15.1. The Morgan fingerprint density at radius 3 is 2.56 bits per heavy atom. The van der Waals surface area contributed by atoms with Gasteiger partial charge in [0.2, 0.25) is 11.8 Å². The van der Waals surface area contributed by atoms with Gasteiger partial charge < -0.3 is 20.4 Å². The van der Waals surface area contributed by atoms with Gasteiger partial charge in [-0.2, -0.15) is 0 Å². The Morgan fingerprint density at radius 2 is 1.86 bits per heavy atom. The van der Waals surface area contributed by atoms with Crippen molar-refractivity contribution in [2.45, 2.75) is 5.92 Å². The van der Waals surface area contributed by atoms with Crippen molar-refractivity contribution in [3.05, 3.63) is 90.6 Å². The minimum Gasteiger partial charge on any atom is -0.453 e. The number of aromatic nitrogens is 3. The minimum atomic E-state index is -1.38. The number of thiophene rings is 1. The monoisotopic (exact) mass is 501 g/mol. The molecule has 5 rings (SSSR count). The molecule has 2 amide bonds. The van der Waals surface area contributed by atoms with Gasteiger partial charge in [0.05, 0.1) is 15.1 Å². The smallest absolute Gasteiger partial charge is 0.241 e. The minimum absolute atomic E-state index is 0.0649. The average Bonchev–Trinajstić information content (AvgIpc) is 3.47. The molecule has 0 saturated heterocycles. The fourth-order valence-electron chi connectivity index (χ4n) is 3.79. The van der Waals surface area contributed by atoms with E-state index in [1.165, 1.54) is 23.5 Å². The van der Waals surface area contributed by atoms with Crippen LogP contribution in [0.3, 0.4) is 0 Å². The third-order valence-electron chi connectivity index (χ3n) is 5.51. The molecule has 1 atom stereocenters. The van der Waals surface area contributed by atoms with E-state index in [1.54, 1.807) is 48.8 Å². The first kappa shape index (κ1) is 23.2.